The molecule has 1 unspecified atom stereocenters. The minimum atomic E-state index is -0.141. The lowest BCUT2D eigenvalue weighted by molar-refractivity contribution is 0.0697. The lowest BCUT2D eigenvalue weighted by atomic mass is 9.87. The summed E-state index contributed by atoms with van der Waals surface area (Å²) in [6.07, 6.45) is 1.73. The highest BCUT2D eigenvalue weighted by Gasteiger charge is 2.38. The van der Waals surface area contributed by atoms with Crippen LogP contribution in [0, 0.1) is 6.92 Å². The zero-order valence-electron chi connectivity index (χ0n) is 18.7. The maximum absolute atomic E-state index is 13.8. The van der Waals surface area contributed by atoms with E-state index < -0.39 is 0 Å². The summed E-state index contributed by atoms with van der Waals surface area (Å²) in [5, 5.41) is 0. The van der Waals surface area contributed by atoms with Crippen molar-refractivity contribution < 1.29 is 14.3 Å². The molecule has 0 aromatic heterocycles. The number of amides is 1. The number of ether oxygens (including phenoxy) is 2. The number of nitrogens with zero attached hydrogens (tertiary/aromatic N) is 1. The highest BCUT2D eigenvalue weighted by atomic mass is 16.5. The molecule has 0 saturated heterocycles. The Hall–Kier alpha value is -3.53. The zero-order chi connectivity index (χ0) is 22.2. The van der Waals surface area contributed by atoms with E-state index in [2.05, 4.69) is 30.3 Å². The largest absolute Gasteiger partial charge is 0.493 e. The summed E-state index contributed by atoms with van der Waals surface area (Å²) in [5.41, 5.74) is 8.17. The summed E-state index contributed by atoms with van der Waals surface area (Å²) in [4.78, 5) is 15.8. The van der Waals surface area contributed by atoms with Gasteiger partial charge in [-0.15, -0.1) is 0 Å². The molecule has 1 aliphatic carbocycles. The monoisotopic (exact) mass is 425 g/mol. The van der Waals surface area contributed by atoms with Crippen LogP contribution in [0.5, 0.6) is 11.5 Å². The number of rotatable bonds is 4. The highest BCUT2D eigenvalue weighted by molar-refractivity contribution is 5.97. The summed E-state index contributed by atoms with van der Waals surface area (Å²) in [7, 11) is 3.29. The molecule has 0 radical (unpaired) electrons. The normalized spacial score (nSPS) is 17.1. The second-order valence-electron chi connectivity index (χ2n) is 8.42. The minimum Gasteiger partial charge on any atom is -0.493 e. The molecule has 0 fully saturated rings. The van der Waals surface area contributed by atoms with Crippen LogP contribution in [0.15, 0.2) is 72.3 Å². The predicted octanol–water partition coefficient (Wildman–Crippen LogP) is 5.61. The molecule has 5 rings (SSSR count). The molecule has 1 amide bonds. The van der Waals surface area contributed by atoms with Crippen molar-refractivity contribution in [3.8, 4) is 11.5 Å². The van der Waals surface area contributed by atoms with Crippen LogP contribution in [0.25, 0.3) is 5.57 Å². The molecule has 0 N–H and O–H groups in total. The van der Waals surface area contributed by atoms with Crippen molar-refractivity contribution in [3.63, 3.8) is 0 Å². The smallest absolute Gasteiger partial charge is 0.254 e. The molecular formula is C28H27NO3. The maximum atomic E-state index is 13.8. The number of methoxy groups -OCH3 is 2. The third-order valence-electron chi connectivity index (χ3n) is 6.72. The van der Waals surface area contributed by atoms with Gasteiger partial charge in [0.2, 0.25) is 0 Å². The van der Waals surface area contributed by atoms with Gasteiger partial charge >= 0.3 is 0 Å². The van der Waals surface area contributed by atoms with Gasteiger partial charge in [0.05, 0.1) is 20.3 Å². The molecule has 1 atom stereocenters. The molecular weight excluding hydrogens is 398 g/mol. The van der Waals surface area contributed by atoms with Gasteiger partial charge in [0.25, 0.3) is 5.91 Å². The van der Waals surface area contributed by atoms with Crippen LogP contribution in [0.3, 0.4) is 0 Å². The summed E-state index contributed by atoms with van der Waals surface area (Å²) in [5.74, 6) is 1.44. The first-order valence-electron chi connectivity index (χ1n) is 11.0. The SMILES string of the molecule is COc1ccc(C2C3=C(CCN2C(=O)c2ccccc2C)c2ccccc2C3)cc1OC. The molecule has 0 spiro atoms. The second-order valence-corrected chi connectivity index (χ2v) is 8.42. The van der Waals surface area contributed by atoms with E-state index in [1.807, 2.05) is 48.2 Å². The van der Waals surface area contributed by atoms with Gasteiger partial charge in [-0.1, -0.05) is 48.5 Å². The standard InChI is InChI=1S/C28H27NO3/c1-18-8-4-6-10-21(18)28(30)29-15-14-23-22-11-7-5-9-19(22)16-24(23)27(29)20-12-13-25(31-2)26(17-20)32-3/h4-13,17,27H,14-16H2,1-3H3. The highest BCUT2D eigenvalue weighted by Crippen LogP contribution is 2.48. The molecule has 162 valence electrons. The molecule has 3 aromatic carbocycles. The third kappa shape index (κ3) is 3.27. The predicted molar refractivity (Wildman–Crippen MR) is 126 cm³/mol. The Kier molecular flexibility index (Phi) is 5.22. The molecule has 3 aromatic rings. The Morgan fingerprint density at radius 3 is 2.47 bits per heavy atom. The van der Waals surface area contributed by atoms with Gasteiger partial charge in [-0.2, -0.15) is 0 Å². The molecule has 4 heteroatoms. The Labute approximate surface area is 189 Å². The number of carbonyl (C=O) groups excluding carboxylic acids is 1. The summed E-state index contributed by atoms with van der Waals surface area (Å²) >= 11 is 0. The van der Waals surface area contributed by atoms with E-state index in [0.29, 0.717) is 18.0 Å². The molecule has 2 aliphatic rings. The summed E-state index contributed by atoms with van der Waals surface area (Å²) < 4.78 is 11.1. The van der Waals surface area contributed by atoms with Crippen molar-refractivity contribution in [1.82, 2.24) is 4.90 Å². The van der Waals surface area contributed by atoms with Crippen molar-refractivity contribution >= 4 is 11.5 Å². The third-order valence-corrected chi connectivity index (χ3v) is 6.72. The number of hydrogen-bond donors (Lipinski definition) is 0. The molecule has 32 heavy (non-hydrogen) atoms. The van der Waals surface area contributed by atoms with Crippen molar-refractivity contribution in [2.24, 2.45) is 0 Å². The van der Waals surface area contributed by atoms with Gasteiger partial charge in [0.15, 0.2) is 11.5 Å². The van der Waals surface area contributed by atoms with Crippen LogP contribution >= 0.6 is 0 Å². The van der Waals surface area contributed by atoms with Crippen molar-refractivity contribution in [2.75, 3.05) is 20.8 Å². The van der Waals surface area contributed by atoms with Gasteiger partial charge in [0, 0.05) is 12.1 Å². The van der Waals surface area contributed by atoms with Gasteiger partial charge in [-0.25, -0.2) is 0 Å². The van der Waals surface area contributed by atoms with Crippen LogP contribution in [-0.2, 0) is 6.42 Å². The van der Waals surface area contributed by atoms with Gasteiger partial charge in [-0.3, -0.25) is 4.79 Å². The number of carbonyl (C=O) groups is 1. The summed E-state index contributed by atoms with van der Waals surface area (Å²) in [6, 6.07) is 22.3. The van der Waals surface area contributed by atoms with E-state index >= 15 is 0 Å². The first kappa shape index (κ1) is 20.4. The molecule has 1 heterocycles. The van der Waals surface area contributed by atoms with Crippen LogP contribution in [-0.4, -0.2) is 31.6 Å². The van der Waals surface area contributed by atoms with E-state index in [-0.39, 0.29) is 11.9 Å². The average molecular weight is 426 g/mol. The lowest BCUT2D eigenvalue weighted by Gasteiger charge is -2.38. The minimum absolute atomic E-state index is 0.0744. The zero-order valence-corrected chi connectivity index (χ0v) is 18.7. The van der Waals surface area contributed by atoms with E-state index in [4.69, 9.17) is 9.47 Å². The number of hydrogen-bond acceptors (Lipinski definition) is 3. The van der Waals surface area contributed by atoms with Gasteiger partial charge in [-0.05, 0) is 71.4 Å². The fourth-order valence-corrected chi connectivity index (χ4v) is 5.15. The Morgan fingerprint density at radius 1 is 0.938 bits per heavy atom. The van der Waals surface area contributed by atoms with Crippen LogP contribution in [0.2, 0.25) is 0 Å². The first-order chi connectivity index (χ1) is 15.6. The molecule has 1 aliphatic heterocycles. The Balaban J connectivity index is 1.64. The fraction of sp³-hybridized carbons (Fsp3) is 0.250. The first-order valence-corrected chi connectivity index (χ1v) is 11.0. The van der Waals surface area contributed by atoms with Crippen molar-refractivity contribution in [2.45, 2.75) is 25.8 Å². The average Bonchev–Trinajstić information content (AvgIpc) is 3.21. The number of benzene rings is 3. The van der Waals surface area contributed by atoms with E-state index in [9.17, 15) is 4.79 Å². The Bertz CT molecular complexity index is 1230. The van der Waals surface area contributed by atoms with Crippen molar-refractivity contribution in [1.29, 1.82) is 0 Å². The van der Waals surface area contributed by atoms with Crippen molar-refractivity contribution in [3.05, 3.63) is 100 Å². The van der Waals surface area contributed by atoms with Crippen LogP contribution < -0.4 is 9.47 Å². The maximum Gasteiger partial charge on any atom is 0.254 e. The number of fused-ring (bicyclic) bond motifs is 2. The molecule has 0 bridgehead atoms. The quantitative estimate of drug-likeness (QED) is 0.545. The van der Waals surface area contributed by atoms with E-state index in [1.165, 1.54) is 22.3 Å². The fourth-order valence-electron chi connectivity index (χ4n) is 5.15. The topological polar surface area (TPSA) is 38.8 Å². The van der Waals surface area contributed by atoms with Gasteiger partial charge in [0.1, 0.15) is 0 Å². The summed E-state index contributed by atoms with van der Waals surface area (Å²) in [6.45, 7) is 2.68. The molecule has 4 nitrogen and oxygen atoms in total. The number of aryl methyl sites for hydroxylation is 1. The second kappa shape index (κ2) is 8.19. The van der Waals surface area contributed by atoms with Crippen LogP contribution in [0.4, 0.5) is 0 Å². The van der Waals surface area contributed by atoms with E-state index in [0.717, 1.165) is 29.5 Å². The van der Waals surface area contributed by atoms with Gasteiger partial charge < -0.3 is 14.4 Å². The van der Waals surface area contributed by atoms with Crippen LogP contribution in [0.1, 0.15) is 45.1 Å². The lowest BCUT2D eigenvalue weighted by Crippen LogP contribution is -2.39. The Morgan fingerprint density at radius 2 is 1.69 bits per heavy atom. The molecule has 0 saturated carbocycles. The van der Waals surface area contributed by atoms with E-state index in [1.54, 1.807) is 14.2 Å².